The Morgan fingerprint density at radius 1 is 1.23 bits per heavy atom. The molecular formula is C25H31ClN2O3. The van der Waals surface area contributed by atoms with Gasteiger partial charge in [-0.3, -0.25) is 9.69 Å². The molecule has 6 heteroatoms. The first kappa shape index (κ1) is 19.0. The highest BCUT2D eigenvalue weighted by Crippen LogP contribution is 2.71. The Labute approximate surface area is 189 Å². The minimum absolute atomic E-state index is 0.000562. The first-order chi connectivity index (χ1) is 15.1. The van der Waals surface area contributed by atoms with Gasteiger partial charge in [0.1, 0.15) is 12.0 Å². The number of hydrogen-bond donors (Lipinski definition) is 0. The maximum atomic E-state index is 12.9. The van der Waals surface area contributed by atoms with Gasteiger partial charge in [0.15, 0.2) is 11.5 Å². The van der Waals surface area contributed by atoms with Crippen molar-refractivity contribution < 1.29 is 14.3 Å². The summed E-state index contributed by atoms with van der Waals surface area (Å²) < 4.78 is 12.7. The number of nitrogens with zero attached hydrogens (tertiary/aromatic N) is 2. The van der Waals surface area contributed by atoms with Crippen molar-refractivity contribution in [2.45, 2.75) is 68.5 Å². The number of benzene rings is 1. The fraction of sp³-hybridized carbons (Fsp3) is 0.720. The van der Waals surface area contributed by atoms with Gasteiger partial charge in [-0.2, -0.15) is 0 Å². The van der Waals surface area contributed by atoms with Crippen molar-refractivity contribution in [3.8, 4) is 11.5 Å². The first-order valence-electron chi connectivity index (χ1n) is 12.1. The van der Waals surface area contributed by atoms with Gasteiger partial charge < -0.3 is 14.4 Å². The van der Waals surface area contributed by atoms with Gasteiger partial charge in [-0.25, -0.2) is 0 Å². The molecule has 1 amide bonds. The van der Waals surface area contributed by atoms with E-state index in [1.807, 2.05) is 0 Å². The van der Waals surface area contributed by atoms with Crippen LogP contribution in [0.1, 0.15) is 49.7 Å². The predicted molar refractivity (Wildman–Crippen MR) is 118 cm³/mol. The summed E-state index contributed by atoms with van der Waals surface area (Å²) in [4.78, 5) is 17.8. The third-order valence-electron chi connectivity index (χ3n) is 9.84. The zero-order chi connectivity index (χ0) is 21.0. The van der Waals surface area contributed by atoms with Gasteiger partial charge in [-0.15, -0.1) is 11.6 Å². The lowest BCUT2D eigenvalue weighted by atomic mass is 9.42. The summed E-state index contributed by atoms with van der Waals surface area (Å²) in [5.41, 5.74) is 3.06. The molecule has 2 spiro atoms. The van der Waals surface area contributed by atoms with E-state index in [0.29, 0.717) is 6.04 Å². The highest BCUT2D eigenvalue weighted by Gasteiger charge is 2.74. The minimum atomic E-state index is -0.000562. The molecule has 3 saturated heterocycles. The fourth-order valence-corrected chi connectivity index (χ4v) is 8.68. The predicted octanol–water partition coefficient (Wildman–Crippen LogP) is 3.35. The summed E-state index contributed by atoms with van der Waals surface area (Å²) in [6, 6.07) is 5.05. The SMILES string of the molecule is COc1ccc2c3c1O[C@H]1[C@H]4CC[C@@]5(CCN4C(=O)CCl)[C@H](C2)N(CC2CC2)CC[C@]315. The minimum Gasteiger partial charge on any atom is -0.493 e. The summed E-state index contributed by atoms with van der Waals surface area (Å²) >= 11 is 6.07. The number of ether oxygens (including phenoxy) is 2. The van der Waals surface area contributed by atoms with Crippen molar-refractivity contribution in [3.05, 3.63) is 23.3 Å². The summed E-state index contributed by atoms with van der Waals surface area (Å²) in [5, 5.41) is 0. The van der Waals surface area contributed by atoms with Gasteiger partial charge >= 0.3 is 0 Å². The van der Waals surface area contributed by atoms with Gasteiger partial charge in [0, 0.05) is 35.5 Å². The third kappa shape index (κ3) is 2.20. The number of methoxy groups -OCH3 is 1. The number of alkyl halides is 1. The Morgan fingerprint density at radius 2 is 2.10 bits per heavy atom. The number of hydrogen-bond acceptors (Lipinski definition) is 4. The van der Waals surface area contributed by atoms with Crippen molar-refractivity contribution in [3.63, 3.8) is 0 Å². The number of halogens is 1. The molecule has 1 aromatic rings. The van der Waals surface area contributed by atoms with Crippen LogP contribution in [-0.2, 0) is 16.6 Å². The summed E-state index contributed by atoms with van der Waals surface area (Å²) in [7, 11) is 1.74. The molecule has 0 radical (unpaired) electrons. The Hall–Kier alpha value is -1.46. The molecule has 7 aliphatic rings. The Bertz CT molecular complexity index is 964. The molecule has 5 atom stereocenters. The van der Waals surface area contributed by atoms with Crippen LogP contribution < -0.4 is 9.47 Å². The molecular weight excluding hydrogens is 412 g/mol. The number of piperidine rings is 1. The standard InChI is InChI=1S/C25H31ClN2O3/c1-30-18-5-4-16-12-19-24-7-6-17(28(11-8-24)20(29)13-26)23-25(24,21(16)22(18)31-23)9-10-27(19)14-15-2-3-15/h4-5,15,17,19,23H,2-3,6-14H2,1H3/t17-,19+,23+,24-,25+/m1/s1. The number of rotatable bonds is 4. The summed E-state index contributed by atoms with van der Waals surface area (Å²) in [6.07, 6.45) is 8.31. The van der Waals surface area contributed by atoms with E-state index in [1.165, 1.54) is 36.9 Å². The molecule has 4 aliphatic heterocycles. The second-order valence-electron chi connectivity index (χ2n) is 10.8. The lowest BCUT2D eigenvalue weighted by molar-refractivity contribution is -0.142. The lowest BCUT2D eigenvalue weighted by Gasteiger charge is -2.66. The highest BCUT2D eigenvalue weighted by molar-refractivity contribution is 6.27. The van der Waals surface area contributed by atoms with E-state index in [2.05, 4.69) is 21.9 Å². The van der Waals surface area contributed by atoms with E-state index >= 15 is 0 Å². The lowest BCUT2D eigenvalue weighted by Crippen LogP contribution is -2.72. The molecule has 0 unspecified atom stereocenters. The molecule has 2 saturated carbocycles. The Balaban J connectivity index is 1.44. The second-order valence-corrected chi connectivity index (χ2v) is 11.0. The van der Waals surface area contributed by atoms with Crippen LogP contribution in [-0.4, -0.2) is 66.5 Å². The van der Waals surface area contributed by atoms with Crippen LogP contribution in [0.2, 0.25) is 0 Å². The quantitative estimate of drug-likeness (QED) is 0.670. The van der Waals surface area contributed by atoms with Gasteiger partial charge in [0.2, 0.25) is 5.91 Å². The van der Waals surface area contributed by atoms with Crippen LogP contribution in [0.3, 0.4) is 0 Å². The zero-order valence-electron chi connectivity index (χ0n) is 18.2. The molecule has 5 nitrogen and oxygen atoms in total. The Kier molecular flexibility index (Phi) is 3.88. The van der Waals surface area contributed by atoms with E-state index in [4.69, 9.17) is 21.1 Å². The van der Waals surface area contributed by atoms with Crippen molar-refractivity contribution in [1.82, 2.24) is 9.80 Å². The second kappa shape index (κ2) is 6.32. The van der Waals surface area contributed by atoms with E-state index in [1.54, 1.807) is 7.11 Å². The van der Waals surface area contributed by atoms with Crippen LogP contribution in [0.25, 0.3) is 0 Å². The molecule has 4 bridgehead atoms. The van der Waals surface area contributed by atoms with Crippen LogP contribution in [0.4, 0.5) is 0 Å². The molecule has 3 aliphatic carbocycles. The third-order valence-corrected chi connectivity index (χ3v) is 10.1. The molecule has 1 aromatic carbocycles. The number of fused-ring (bicyclic) bond motifs is 3. The van der Waals surface area contributed by atoms with Crippen molar-refractivity contribution >= 4 is 17.5 Å². The molecule has 4 heterocycles. The van der Waals surface area contributed by atoms with Gasteiger partial charge in [-0.05, 0) is 69.0 Å². The summed E-state index contributed by atoms with van der Waals surface area (Å²) in [6.45, 7) is 3.22. The van der Waals surface area contributed by atoms with Crippen LogP contribution in [0.5, 0.6) is 11.5 Å². The van der Waals surface area contributed by atoms with E-state index < -0.39 is 0 Å². The Morgan fingerprint density at radius 3 is 2.87 bits per heavy atom. The maximum Gasteiger partial charge on any atom is 0.237 e. The average Bonchev–Trinajstić information content (AvgIpc) is 3.57. The van der Waals surface area contributed by atoms with E-state index in [9.17, 15) is 4.79 Å². The zero-order valence-corrected chi connectivity index (χ0v) is 19.0. The van der Waals surface area contributed by atoms with Crippen LogP contribution >= 0.6 is 11.6 Å². The number of carbonyl (C=O) groups is 1. The van der Waals surface area contributed by atoms with Gasteiger partial charge in [0.25, 0.3) is 0 Å². The largest absolute Gasteiger partial charge is 0.493 e. The van der Waals surface area contributed by atoms with Crippen molar-refractivity contribution in [2.75, 3.05) is 32.6 Å². The topological polar surface area (TPSA) is 42.0 Å². The van der Waals surface area contributed by atoms with Crippen molar-refractivity contribution in [1.29, 1.82) is 0 Å². The molecule has 31 heavy (non-hydrogen) atoms. The number of amides is 1. The highest BCUT2D eigenvalue weighted by atomic mass is 35.5. The van der Waals surface area contributed by atoms with Gasteiger partial charge in [-0.1, -0.05) is 6.07 Å². The summed E-state index contributed by atoms with van der Waals surface area (Å²) in [5.74, 6) is 2.84. The van der Waals surface area contributed by atoms with Crippen molar-refractivity contribution in [2.24, 2.45) is 11.3 Å². The first-order valence-corrected chi connectivity index (χ1v) is 12.6. The van der Waals surface area contributed by atoms with Crippen LogP contribution in [0, 0.1) is 11.3 Å². The maximum absolute atomic E-state index is 12.9. The monoisotopic (exact) mass is 442 g/mol. The molecule has 8 rings (SSSR count). The molecule has 0 N–H and O–H groups in total. The molecule has 5 fully saturated rings. The average molecular weight is 443 g/mol. The molecule has 166 valence electrons. The smallest absolute Gasteiger partial charge is 0.237 e. The molecule has 0 aromatic heterocycles. The fourth-order valence-electron chi connectivity index (χ4n) is 8.53. The number of likely N-dealkylation sites (tertiary alicyclic amines) is 1. The van der Waals surface area contributed by atoms with E-state index in [0.717, 1.165) is 56.2 Å². The van der Waals surface area contributed by atoms with Gasteiger partial charge in [0.05, 0.1) is 13.2 Å². The van der Waals surface area contributed by atoms with E-state index in [-0.39, 0.29) is 34.8 Å². The number of carbonyl (C=O) groups excluding carboxylic acids is 1. The normalized spacial score (nSPS) is 39.7. The van der Waals surface area contributed by atoms with Crippen LogP contribution in [0.15, 0.2) is 12.1 Å².